The molecule has 2 heterocycles. The van der Waals surface area contributed by atoms with Crippen molar-refractivity contribution in [2.24, 2.45) is 0 Å². The van der Waals surface area contributed by atoms with Crippen LogP contribution < -0.4 is 0 Å². The molecular weight excluding hydrogens is 276 g/mol. The van der Waals surface area contributed by atoms with Gasteiger partial charge in [-0.05, 0) is 42.5 Å². The Morgan fingerprint density at radius 3 is 2.95 bits per heavy atom. The highest BCUT2D eigenvalue weighted by molar-refractivity contribution is 7.16. The van der Waals surface area contributed by atoms with Gasteiger partial charge in [0.15, 0.2) is 0 Å². The van der Waals surface area contributed by atoms with Crippen LogP contribution in [0.1, 0.15) is 0 Å². The molecule has 4 aromatic rings. The first-order chi connectivity index (χ1) is 9.31. The van der Waals surface area contributed by atoms with E-state index in [1.54, 1.807) is 11.3 Å². The van der Waals surface area contributed by atoms with Crippen LogP contribution in [-0.2, 0) is 0 Å². The maximum atomic E-state index is 6.02. The molecule has 0 aliphatic rings. The highest BCUT2D eigenvalue weighted by atomic mass is 35.5. The molecule has 0 N–H and O–H groups in total. The first-order valence-corrected chi connectivity index (χ1v) is 7.17. The molecule has 2 nitrogen and oxygen atoms in total. The summed E-state index contributed by atoms with van der Waals surface area (Å²) in [6.07, 6.45) is 2.07. The molecule has 0 saturated carbocycles. The zero-order chi connectivity index (χ0) is 12.8. The summed E-state index contributed by atoms with van der Waals surface area (Å²) in [5.74, 6) is 0. The Balaban J connectivity index is 1.97. The van der Waals surface area contributed by atoms with E-state index in [-0.39, 0.29) is 0 Å². The molecule has 0 bridgehead atoms. The number of hydrogen-bond donors (Lipinski definition) is 0. The van der Waals surface area contributed by atoms with Gasteiger partial charge in [0, 0.05) is 22.3 Å². The van der Waals surface area contributed by atoms with Crippen molar-refractivity contribution in [3.05, 3.63) is 59.2 Å². The fraction of sp³-hybridized carbons (Fsp3) is 0. The van der Waals surface area contributed by atoms with Crippen LogP contribution in [-0.4, -0.2) is 9.55 Å². The molecule has 0 saturated heterocycles. The van der Waals surface area contributed by atoms with Crippen LogP contribution in [0.3, 0.4) is 0 Å². The number of fused-ring (bicyclic) bond motifs is 2. The van der Waals surface area contributed by atoms with Gasteiger partial charge in [0.05, 0.1) is 21.2 Å². The molecule has 92 valence electrons. The molecule has 19 heavy (non-hydrogen) atoms. The summed E-state index contributed by atoms with van der Waals surface area (Å²) in [6.45, 7) is 0. The summed E-state index contributed by atoms with van der Waals surface area (Å²) in [4.78, 5) is 4.31. The molecule has 0 unspecified atom stereocenters. The molecule has 0 amide bonds. The minimum atomic E-state index is 0.767. The van der Waals surface area contributed by atoms with E-state index in [1.165, 1.54) is 4.70 Å². The van der Waals surface area contributed by atoms with Crippen molar-refractivity contribution in [3.8, 4) is 5.69 Å². The standard InChI is InChI=1S/C15H9ClN2S/c16-11-1-4-14-10(7-11)5-6-18(14)12-2-3-13-15(8-12)19-9-17-13/h1-9H. The minimum Gasteiger partial charge on any atom is -0.317 e. The Hall–Kier alpha value is -1.84. The van der Waals surface area contributed by atoms with Crippen molar-refractivity contribution >= 4 is 44.1 Å². The summed E-state index contributed by atoms with van der Waals surface area (Å²) in [6, 6.07) is 14.4. The van der Waals surface area contributed by atoms with Crippen molar-refractivity contribution < 1.29 is 0 Å². The largest absolute Gasteiger partial charge is 0.317 e. The fourth-order valence-corrected chi connectivity index (χ4v) is 3.22. The van der Waals surface area contributed by atoms with Crippen LogP contribution in [0.4, 0.5) is 0 Å². The number of halogens is 1. The van der Waals surface area contributed by atoms with Gasteiger partial charge in [0.25, 0.3) is 0 Å². The van der Waals surface area contributed by atoms with Gasteiger partial charge in [-0.1, -0.05) is 11.6 Å². The molecule has 0 aliphatic heterocycles. The lowest BCUT2D eigenvalue weighted by Gasteiger charge is -2.05. The first kappa shape index (κ1) is 11.0. The second-order valence-electron chi connectivity index (χ2n) is 4.39. The average molecular weight is 285 g/mol. The molecule has 0 aliphatic carbocycles. The van der Waals surface area contributed by atoms with Gasteiger partial charge in [-0.15, -0.1) is 11.3 Å². The van der Waals surface area contributed by atoms with Gasteiger partial charge in [-0.2, -0.15) is 0 Å². The summed E-state index contributed by atoms with van der Waals surface area (Å²) in [5, 5.41) is 1.92. The van der Waals surface area contributed by atoms with E-state index in [0.717, 1.165) is 27.1 Å². The Bertz CT molecular complexity index is 891. The Labute approximate surface area is 118 Å². The summed E-state index contributed by atoms with van der Waals surface area (Å²) < 4.78 is 3.37. The van der Waals surface area contributed by atoms with Gasteiger partial charge >= 0.3 is 0 Å². The number of nitrogens with zero attached hydrogens (tertiary/aromatic N) is 2. The SMILES string of the molecule is Clc1ccc2c(ccn2-c2ccc3ncsc3c2)c1. The predicted octanol–water partition coefficient (Wildman–Crippen LogP) is 4.89. The highest BCUT2D eigenvalue weighted by Crippen LogP contribution is 2.26. The van der Waals surface area contributed by atoms with E-state index >= 15 is 0 Å². The summed E-state index contributed by atoms with van der Waals surface area (Å²) >= 11 is 7.68. The molecule has 0 atom stereocenters. The third kappa shape index (κ3) is 1.74. The maximum Gasteiger partial charge on any atom is 0.0813 e. The second kappa shape index (κ2) is 4.08. The fourth-order valence-electron chi connectivity index (χ4n) is 2.33. The van der Waals surface area contributed by atoms with E-state index in [0.29, 0.717) is 0 Å². The molecule has 4 rings (SSSR count). The number of benzene rings is 2. The number of aromatic nitrogens is 2. The molecule has 0 fully saturated rings. The van der Waals surface area contributed by atoms with Crippen LogP contribution in [0.15, 0.2) is 54.2 Å². The minimum absolute atomic E-state index is 0.767. The van der Waals surface area contributed by atoms with Crippen LogP contribution >= 0.6 is 22.9 Å². The van der Waals surface area contributed by atoms with Crippen molar-refractivity contribution in [1.29, 1.82) is 0 Å². The van der Waals surface area contributed by atoms with Crippen molar-refractivity contribution in [2.75, 3.05) is 0 Å². The van der Waals surface area contributed by atoms with Crippen molar-refractivity contribution in [1.82, 2.24) is 9.55 Å². The topological polar surface area (TPSA) is 17.8 Å². The third-order valence-electron chi connectivity index (χ3n) is 3.25. The lowest BCUT2D eigenvalue weighted by atomic mass is 10.2. The molecule has 2 aromatic heterocycles. The van der Waals surface area contributed by atoms with E-state index in [1.807, 2.05) is 17.6 Å². The number of hydrogen-bond acceptors (Lipinski definition) is 2. The Morgan fingerprint density at radius 2 is 2.00 bits per heavy atom. The lowest BCUT2D eigenvalue weighted by molar-refractivity contribution is 1.13. The van der Waals surface area contributed by atoms with Gasteiger partial charge in [-0.3, -0.25) is 0 Å². The first-order valence-electron chi connectivity index (χ1n) is 5.91. The van der Waals surface area contributed by atoms with Crippen LogP contribution in [0.5, 0.6) is 0 Å². The van der Waals surface area contributed by atoms with E-state index in [9.17, 15) is 0 Å². The third-order valence-corrected chi connectivity index (χ3v) is 4.27. The number of rotatable bonds is 1. The van der Waals surface area contributed by atoms with E-state index < -0.39 is 0 Å². The monoisotopic (exact) mass is 284 g/mol. The lowest BCUT2D eigenvalue weighted by Crippen LogP contribution is -1.90. The molecule has 0 radical (unpaired) electrons. The van der Waals surface area contributed by atoms with Crippen LogP contribution in [0.2, 0.25) is 5.02 Å². The normalized spacial score (nSPS) is 11.4. The van der Waals surface area contributed by atoms with Gasteiger partial charge in [-0.25, -0.2) is 4.98 Å². The number of thiazole rings is 1. The van der Waals surface area contributed by atoms with Crippen LogP contribution in [0, 0.1) is 0 Å². The van der Waals surface area contributed by atoms with Crippen molar-refractivity contribution in [2.45, 2.75) is 0 Å². The Kier molecular flexibility index (Phi) is 2.37. The van der Waals surface area contributed by atoms with Gasteiger partial charge < -0.3 is 4.57 Å². The smallest absolute Gasteiger partial charge is 0.0813 e. The van der Waals surface area contributed by atoms with E-state index in [2.05, 4.69) is 46.1 Å². The van der Waals surface area contributed by atoms with Gasteiger partial charge in [0.2, 0.25) is 0 Å². The van der Waals surface area contributed by atoms with Crippen LogP contribution in [0.25, 0.3) is 26.8 Å². The van der Waals surface area contributed by atoms with Crippen molar-refractivity contribution in [3.63, 3.8) is 0 Å². The van der Waals surface area contributed by atoms with E-state index in [4.69, 9.17) is 11.6 Å². The van der Waals surface area contributed by atoms with Gasteiger partial charge in [0.1, 0.15) is 0 Å². The molecular formula is C15H9ClN2S. The summed E-state index contributed by atoms with van der Waals surface area (Å²) in [7, 11) is 0. The second-order valence-corrected chi connectivity index (χ2v) is 5.72. The zero-order valence-electron chi connectivity index (χ0n) is 9.88. The maximum absolute atomic E-state index is 6.02. The quantitative estimate of drug-likeness (QED) is 0.486. The molecule has 0 spiro atoms. The molecule has 4 heteroatoms. The highest BCUT2D eigenvalue weighted by Gasteiger charge is 2.05. The zero-order valence-corrected chi connectivity index (χ0v) is 11.4. The summed E-state index contributed by atoms with van der Waals surface area (Å²) in [5.41, 5.74) is 5.23. The predicted molar refractivity (Wildman–Crippen MR) is 81.5 cm³/mol. The Morgan fingerprint density at radius 1 is 1.05 bits per heavy atom. The average Bonchev–Trinajstić information content (AvgIpc) is 3.02. The molecule has 2 aromatic carbocycles.